The van der Waals surface area contributed by atoms with Gasteiger partial charge in [-0.1, -0.05) is 164 Å². The van der Waals surface area contributed by atoms with Gasteiger partial charge in [-0.2, -0.15) is 0 Å². The molecule has 0 spiro atoms. The molecular weight excluding hydrogens is 872 g/mol. The van der Waals surface area contributed by atoms with E-state index in [-0.39, 0.29) is 0 Å². The number of fused-ring (bicyclic) bond motifs is 4. The van der Waals surface area contributed by atoms with Crippen LogP contribution in [0.15, 0.2) is 222 Å². The second-order valence-electron chi connectivity index (χ2n) is 15.3. The normalized spacial score (nSPS) is 12.9. The SMILES string of the molecule is c1ccc(C2=NC(c3ccc4c(c3)nc(-c3cccc5ccccc35)n4-c3ccccc3)=IC(c3ccc4c(c3)nc(-c3cccc5ccccc35)n4-c3ccccc3)=N2)cc1. The van der Waals surface area contributed by atoms with E-state index in [1.807, 2.05) is 18.2 Å². The van der Waals surface area contributed by atoms with Crippen molar-refractivity contribution >= 4 is 77.5 Å². The van der Waals surface area contributed by atoms with Crippen molar-refractivity contribution in [1.29, 1.82) is 0 Å². The van der Waals surface area contributed by atoms with Crippen LogP contribution in [0.3, 0.4) is 0 Å². The third-order valence-corrected chi connectivity index (χ3v) is 14.2. The van der Waals surface area contributed by atoms with Crippen molar-refractivity contribution in [2.75, 3.05) is 0 Å². The Balaban J connectivity index is 1.02. The zero-order valence-electron chi connectivity index (χ0n) is 33.3. The number of para-hydroxylation sites is 2. The van der Waals surface area contributed by atoms with Crippen molar-refractivity contribution in [3.8, 4) is 34.2 Å². The third-order valence-electron chi connectivity index (χ3n) is 11.5. The predicted molar refractivity (Wildman–Crippen MR) is 266 cm³/mol. The molecule has 292 valence electrons. The van der Waals surface area contributed by atoms with Crippen LogP contribution in [0.4, 0.5) is 0 Å². The van der Waals surface area contributed by atoms with Gasteiger partial charge in [0.15, 0.2) is 5.84 Å². The first kappa shape index (κ1) is 36.2. The predicted octanol–water partition coefficient (Wildman–Crippen LogP) is 13.4. The molecule has 0 amide bonds. The van der Waals surface area contributed by atoms with E-state index in [9.17, 15) is 0 Å². The first-order chi connectivity index (χ1) is 30.7. The van der Waals surface area contributed by atoms with Gasteiger partial charge in [-0.05, 0) is 90.8 Å². The van der Waals surface area contributed by atoms with Crippen molar-refractivity contribution in [2.45, 2.75) is 0 Å². The number of hydrogen-bond acceptors (Lipinski definition) is 4. The van der Waals surface area contributed by atoms with Crippen LogP contribution in [0.1, 0.15) is 16.7 Å². The smallest absolute Gasteiger partial charge is 0.161 e. The van der Waals surface area contributed by atoms with Gasteiger partial charge in [-0.15, -0.1) is 0 Å². The van der Waals surface area contributed by atoms with E-state index in [1.165, 1.54) is 21.5 Å². The van der Waals surface area contributed by atoms with Crippen molar-refractivity contribution in [1.82, 2.24) is 19.1 Å². The minimum Gasteiger partial charge on any atom is -0.292 e. The zero-order chi connectivity index (χ0) is 41.0. The Labute approximate surface area is 367 Å². The molecule has 0 saturated heterocycles. The van der Waals surface area contributed by atoms with E-state index in [4.69, 9.17) is 20.0 Å². The van der Waals surface area contributed by atoms with Gasteiger partial charge in [0.25, 0.3) is 0 Å². The topological polar surface area (TPSA) is 60.4 Å². The van der Waals surface area contributed by atoms with Crippen molar-refractivity contribution in [3.63, 3.8) is 0 Å². The van der Waals surface area contributed by atoms with Crippen LogP contribution in [0, 0.1) is 0 Å². The molecule has 0 unspecified atom stereocenters. The van der Waals surface area contributed by atoms with Crippen LogP contribution in [-0.2, 0) is 0 Å². The number of benzene rings is 9. The molecule has 12 rings (SSSR count). The maximum Gasteiger partial charge on any atom is 0.161 e. The van der Waals surface area contributed by atoms with Crippen molar-refractivity contribution in [3.05, 3.63) is 229 Å². The van der Waals surface area contributed by atoms with E-state index in [2.05, 4.69) is 203 Å². The van der Waals surface area contributed by atoms with Gasteiger partial charge in [-0.25, -0.2) is 20.0 Å². The highest BCUT2D eigenvalue weighted by molar-refractivity contribution is 14.2. The summed E-state index contributed by atoms with van der Waals surface area (Å²) in [5.41, 5.74) is 11.3. The van der Waals surface area contributed by atoms with E-state index in [0.29, 0.717) is 5.84 Å². The average molecular weight is 907 g/mol. The highest BCUT2D eigenvalue weighted by Gasteiger charge is 2.22. The van der Waals surface area contributed by atoms with E-state index in [1.54, 1.807) is 0 Å². The fourth-order valence-corrected chi connectivity index (χ4v) is 11.1. The maximum atomic E-state index is 5.41. The molecule has 2 aromatic heterocycles. The zero-order valence-corrected chi connectivity index (χ0v) is 35.4. The minimum absolute atomic E-state index is 0.708. The quantitative estimate of drug-likeness (QED) is 0.150. The lowest BCUT2D eigenvalue weighted by Gasteiger charge is -2.14. The summed E-state index contributed by atoms with van der Waals surface area (Å²) in [5, 5.41) is 4.71. The first-order valence-electron chi connectivity index (χ1n) is 20.6. The summed E-state index contributed by atoms with van der Waals surface area (Å²) < 4.78 is 6.65. The van der Waals surface area contributed by atoms with Gasteiger partial charge in [0, 0.05) is 39.2 Å². The second kappa shape index (κ2) is 15.1. The number of hydrogen-bond donors (Lipinski definition) is 0. The molecule has 11 aromatic rings. The molecule has 0 bridgehead atoms. The van der Waals surface area contributed by atoms with Gasteiger partial charge in [-0.3, -0.25) is 9.13 Å². The molecule has 0 N–H and O–H groups in total. The Morgan fingerprint density at radius 1 is 0.371 bits per heavy atom. The molecule has 6 nitrogen and oxygen atoms in total. The highest BCUT2D eigenvalue weighted by Crippen LogP contribution is 2.37. The number of aliphatic imine (C=N–C) groups is 2. The molecule has 0 radical (unpaired) electrons. The van der Waals surface area contributed by atoms with Crippen LogP contribution >= 0.6 is 20.7 Å². The monoisotopic (exact) mass is 906 g/mol. The van der Waals surface area contributed by atoms with Crippen molar-refractivity contribution < 1.29 is 0 Å². The van der Waals surface area contributed by atoms with Gasteiger partial charge in [0.1, 0.15) is 19.0 Å². The third kappa shape index (κ3) is 6.28. The van der Waals surface area contributed by atoms with Gasteiger partial charge in [0.2, 0.25) is 0 Å². The summed E-state index contributed by atoms with van der Waals surface area (Å²) in [5.74, 6) is 2.52. The van der Waals surface area contributed by atoms with Crippen LogP contribution in [0.25, 0.3) is 77.8 Å². The van der Waals surface area contributed by atoms with E-state index in [0.717, 1.165) is 80.3 Å². The number of aromatic nitrogens is 4. The molecule has 1 aliphatic heterocycles. The molecule has 7 heteroatoms. The summed E-state index contributed by atoms with van der Waals surface area (Å²) >= 11 is -0.825. The van der Waals surface area contributed by atoms with Crippen molar-refractivity contribution in [2.24, 2.45) is 9.98 Å². The molecule has 0 fully saturated rings. The van der Waals surface area contributed by atoms with Crippen LogP contribution in [-0.4, -0.2) is 32.3 Å². The minimum atomic E-state index is -0.825. The standard InChI is InChI=1S/C55H35IN6/c1-4-18-38(19-5-1)53-59-51(39-30-32-49-47(34-39)57-54(61(49)41-22-6-2-7-23-41)45-28-14-20-36-16-10-12-26-43(36)45)56-52(60-53)40-31-33-50-48(35-40)58-55(62(50)42-24-8-3-9-25-42)46-29-15-21-37-17-11-13-27-44(37)46/h1-35H. The number of amidine groups is 1. The number of imidazole rings is 2. The highest BCUT2D eigenvalue weighted by atomic mass is 127. The molecule has 0 saturated carbocycles. The number of rotatable bonds is 7. The molecule has 62 heavy (non-hydrogen) atoms. The van der Waals surface area contributed by atoms with E-state index >= 15 is 0 Å². The Bertz CT molecular complexity index is 3410. The molecule has 0 atom stereocenters. The summed E-state index contributed by atoms with van der Waals surface area (Å²) in [6.45, 7) is 0. The first-order valence-corrected chi connectivity index (χ1v) is 22.8. The Morgan fingerprint density at radius 2 is 0.839 bits per heavy atom. The molecular formula is C55H35IN6. The lowest BCUT2D eigenvalue weighted by molar-refractivity contribution is 1.11. The lowest BCUT2D eigenvalue weighted by Crippen LogP contribution is -2.11. The van der Waals surface area contributed by atoms with Gasteiger partial charge >= 0.3 is 0 Å². The Hall–Kier alpha value is -7.62. The fraction of sp³-hybridized carbons (Fsp3) is 0. The second-order valence-corrected chi connectivity index (χ2v) is 17.8. The average Bonchev–Trinajstić information content (AvgIpc) is 3.93. The summed E-state index contributed by atoms with van der Waals surface area (Å²) in [4.78, 5) is 21.5. The Morgan fingerprint density at radius 3 is 1.40 bits per heavy atom. The summed E-state index contributed by atoms with van der Waals surface area (Å²) in [7, 11) is 0. The summed E-state index contributed by atoms with van der Waals surface area (Å²) in [6.07, 6.45) is 0. The van der Waals surface area contributed by atoms with Crippen LogP contribution < -0.4 is 0 Å². The maximum absolute atomic E-state index is 5.41. The lowest BCUT2D eigenvalue weighted by atomic mass is 10.0. The van der Waals surface area contributed by atoms with Gasteiger partial charge < -0.3 is 0 Å². The molecule has 3 heterocycles. The number of nitrogens with zero attached hydrogens (tertiary/aromatic N) is 6. The van der Waals surface area contributed by atoms with E-state index < -0.39 is 20.7 Å². The molecule has 9 aromatic carbocycles. The Kier molecular flexibility index (Phi) is 8.85. The van der Waals surface area contributed by atoms with Crippen LogP contribution in [0.2, 0.25) is 0 Å². The molecule has 1 aliphatic rings. The fourth-order valence-electron chi connectivity index (χ4n) is 8.59. The van der Waals surface area contributed by atoms with Crippen LogP contribution in [0.5, 0.6) is 0 Å². The number of halogens is 1. The molecule has 0 aliphatic carbocycles. The van der Waals surface area contributed by atoms with Gasteiger partial charge in [0.05, 0.1) is 22.1 Å². The largest absolute Gasteiger partial charge is 0.292 e. The summed E-state index contributed by atoms with van der Waals surface area (Å²) in [6, 6.07) is 74.6.